The summed E-state index contributed by atoms with van der Waals surface area (Å²) in [5.41, 5.74) is 0.0470. The van der Waals surface area contributed by atoms with Gasteiger partial charge in [-0.05, 0) is 108 Å². The molecular weight excluding hydrogens is 735 g/mol. The highest BCUT2D eigenvalue weighted by Crippen LogP contribution is 2.53. The Labute approximate surface area is 319 Å². The van der Waals surface area contributed by atoms with E-state index in [-0.39, 0.29) is 41.4 Å². The molecule has 0 heterocycles. The summed E-state index contributed by atoms with van der Waals surface area (Å²) in [6.45, 7) is 12.8. The molecule has 0 fully saturated rings. The fourth-order valence-electron chi connectivity index (χ4n) is 4.43. The first-order valence-electron chi connectivity index (χ1n) is 16.9. The average Bonchev–Trinajstić information content (AvgIpc) is 3.04. The number of ether oxygens (including phenoxy) is 3. The van der Waals surface area contributed by atoms with E-state index in [1.807, 2.05) is 0 Å². The van der Waals surface area contributed by atoms with Crippen LogP contribution in [0, 0.1) is 0 Å². The number of methoxy groups -OCH3 is 1. The second kappa shape index (κ2) is 18.8. The maximum Gasteiger partial charge on any atom is 0.453 e. The molecular formula is C37H47N6O11P. The van der Waals surface area contributed by atoms with Crippen molar-refractivity contribution in [2.45, 2.75) is 78.8 Å². The number of nitrogens with zero attached hydrogens (tertiary/aromatic N) is 1. The Morgan fingerprint density at radius 1 is 0.655 bits per heavy atom. The van der Waals surface area contributed by atoms with Gasteiger partial charge >= 0.3 is 25.9 Å². The van der Waals surface area contributed by atoms with Crippen molar-refractivity contribution in [1.82, 2.24) is 16.0 Å². The molecule has 3 aromatic carbocycles. The Morgan fingerprint density at radius 2 is 1.07 bits per heavy atom. The summed E-state index contributed by atoms with van der Waals surface area (Å²) < 4.78 is 42.3. The van der Waals surface area contributed by atoms with Crippen LogP contribution in [0.2, 0.25) is 0 Å². The number of carbonyl (C=O) groups excluding carboxylic acids is 5. The number of nitrogens with one attached hydrogen (secondary N) is 5. The van der Waals surface area contributed by atoms with Gasteiger partial charge in [-0.3, -0.25) is 20.2 Å². The monoisotopic (exact) mass is 782 g/mol. The van der Waals surface area contributed by atoms with Crippen LogP contribution in [0.15, 0.2) is 77.8 Å². The number of rotatable bonds is 11. The third-order valence-corrected chi connectivity index (χ3v) is 8.52. The molecule has 55 heavy (non-hydrogen) atoms. The summed E-state index contributed by atoms with van der Waals surface area (Å²) >= 11 is 0. The summed E-state index contributed by atoms with van der Waals surface area (Å²) in [5.74, 6) is -2.02. The number of guanidine groups is 1. The lowest BCUT2D eigenvalue weighted by Gasteiger charge is -2.28. The maximum atomic E-state index is 14.9. The normalized spacial score (nSPS) is 11.8. The third kappa shape index (κ3) is 15.8. The summed E-state index contributed by atoms with van der Waals surface area (Å²) in [7, 11) is -3.29. The molecule has 3 rings (SSSR count). The highest BCUT2D eigenvalue weighted by molar-refractivity contribution is 7.55. The molecule has 0 radical (unpaired) electrons. The van der Waals surface area contributed by atoms with Crippen molar-refractivity contribution in [2.75, 3.05) is 17.7 Å². The zero-order chi connectivity index (χ0) is 41.0. The summed E-state index contributed by atoms with van der Waals surface area (Å²) in [5, 5.41) is 12.6. The number of aliphatic imine (C=N–C) groups is 1. The molecule has 296 valence electrons. The summed E-state index contributed by atoms with van der Waals surface area (Å²) in [6, 6.07) is 18.3. The predicted molar refractivity (Wildman–Crippen MR) is 206 cm³/mol. The lowest BCUT2D eigenvalue weighted by atomic mass is 10.1. The average molecular weight is 783 g/mol. The molecule has 18 heteroatoms. The molecule has 17 nitrogen and oxygen atoms in total. The highest BCUT2D eigenvalue weighted by atomic mass is 31.2. The standard InChI is InChI=1S/C37H47N6O11P/c1-23(44)38-26-14-18-29(19-15-26)53-55(49,54-30-20-16-27(17-21-30)39-24(2)45)31(41-33(46)50-9)22-25-10-12-28(13-11-25)40-32(42-34(47)51-36(3,4)5)43-35(48)52-37(6,7)8/h10-21,31H,22H2,1-9H3,(H,38,44)(H,39,45)(H,41,46)(H2,40,42,43,47,48). The van der Waals surface area contributed by atoms with E-state index in [9.17, 15) is 28.5 Å². The van der Waals surface area contributed by atoms with Crippen molar-refractivity contribution in [3.05, 3.63) is 78.4 Å². The number of benzene rings is 3. The van der Waals surface area contributed by atoms with Crippen molar-refractivity contribution in [3.63, 3.8) is 0 Å². The highest BCUT2D eigenvalue weighted by Gasteiger charge is 2.41. The number of amides is 5. The van der Waals surface area contributed by atoms with Gasteiger partial charge < -0.3 is 39.2 Å². The zero-order valence-electron chi connectivity index (χ0n) is 32.1. The lowest BCUT2D eigenvalue weighted by molar-refractivity contribution is -0.115. The van der Waals surface area contributed by atoms with Gasteiger partial charge in [-0.25, -0.2) is 23.9 Å². The summed E-state index contributed by atoms with van der Waals surface area (Å²) in [6.07, 6.45) is -2.79. The van der Waals surface area contributed by atoms with Crippen LogP contribution in [-0.4, -0.2) is 60.1 Å². The van der Waals surface area contributed by atoms with E-state index in [0.29, 0.717) is 16.9 Å². The van der Waals surface area contributed by atoms with Crippen molar-refractivity contribution in [1.29, 1.82) is 0 Å². The van der Waals surface area contributed by atoms with Crippen LogP contribution in [0.3, 0.4) is 0 Å². The van der Waals surface area contributed by atoms with Gasteiger partial charge in [0.2, 0.25) is 17.8 Å². The van der Waals surface area contributed by atoms with E-state index in [2.05, 4.69) is 31.6 Å². The van der Waals surface area contributed by atoms with Crippen molar-refractivity contribution < 1.29 is 51.8 Å². The Hall–Kier alpha value is -6.09. The first-order valence-corrected chi connectivity index (χ1v) is 18.5. The second-order valence-corrected chi connectivity index (χ2v) is 15.9. The Morgan fingerprint density at radius 3 is 1.44 bits per heavy atom. The largest absolute Gasteiger partial charge is 0.453 e. The van der Waals surface area contributed by atoms with Gasteiger partial charge in [0.15, 0.2) is 5.78 Å². The van der Waals surface area contributed by atoms with Crippen LogP contribution in [0.25, 0.3) is 0 Å². The van der Waals surface area contributed by atoms with Crippen LogP contribution < -0.4 is 35.6 Å². The minimum atomic E-state index is -4.43. The van der Waals surface area contributed by atoms with E-state index < -0.39 is 42.9 Å². The van der Waals surface area contributed by atoms with Gasteiger partial charge in [0.05, 0.1) is 12.8 Å². The molecule has 0 aliphatic rings. The van der Waals surface area contributed by atoms with Crippen molar-refractivity contribution >= 4 is 60.7 Å². The minimum Gasteiger partial charge on any atom is -0.453 e. The van der Waals surface area contributed by atoms with Crippen molar-refractivity contribution in [2.24, 2.45) is 4.99 Å². The molecule has 0 aromatic heterocycles. The zero-order valence-corrected chi connectivity index (χ0v) is 33.0. The van der Waals surface area contributed by atoms with Crippen molar-refractivity contribution in [3.8, 4) is 11.5 Å². The molecule has 0 aliphatic heterocycles. The smallest absolute Gasteiger partial charge is 0.453 e. The molecule has 5 amide bonds. The van der Waals surface area contributed by atoms with Gasteiger partial charge in [0, 0.05) is 31.6 Å². The first-order chi connectivity index (χ1) is 25.6. The molecule has 1 atom stereocenters. The van der Waals surface area contributed by atoms with E-state index in [1.54, 1.807) is 65.8 Å². The van der Waals surface area contributed by atoms with Gasteiger partial charge in [-0.1, -0.05) is 12.1 Å². The number of hydrogen-bond donors (Lipinski definition) is 5. The van der Waals surface area contributed by atoms with Crippen LogP contribution in [-0.2, 0) is 34.8 Å². The number of anilines is 2. The fourth-order valence-corrected chi connectivity index (χ4v) is 6.25. The topological polar surface area (TPSA) is 221 Å². The van der Waals surface area contributed by atoms with E-state index in [4.69, 9.17) is 23.3 Å². The summed E-state index contributed by atoms with van der Waals surface area (Å²) in [4.78, 5) is 65.1. The van der Waals surface area contributed by atoms with Gasteiger partial charge in [-0.2, -0.15) is 0 Å². The molecule has 0 saturated carbocycles. The molecule has 0 bridgehead atoms. The number of carbonyl (C=O) groups is 5. The number of alkyl carbamates (subject to hydrolysis) is 3. The Kier molecular flexibility index (Phi) is 14.8. The predicted octanol–water partition coefficient (Wildman–Crippen LogP) is 7.22. The lowest BCUT2D eigenvalue weighted by Crippen LogP contribution is -2.47. The Bertz CT molecular complexity index is 1810. The molecule has 0 spiro atoms. The fraction of sp³-hybridized carbons (Fsp3) is 0.351. The second-order valence-electron chi connectivity index (χ2n) is 13.9. The van der Waals surface area contributed by atoms with E-state index >= 15 is 0 Å². The van der Waals surface area contributed by atoms with Gasteiger partial charge in [0.1, 0.15) is 22.7 Å². The molecule has 1 unspecified atom stereocenters. The van der Waals surface area contributed by atoms with Crippen LogP contribution >= 0.6 is 7.60 Å². The Balaban J connectivity index is 1.99. The van der Waals surface area contributed by atoms with Gasteiger partial charge in [0.25, 0.3) is 0 Å². The SMILES string of the molecule is COC(=O)NC(Cc1ccc(N=C(NC(=O)OC(C)(C)C)NC(=O)OC(C)(C)C)cc1)P(=O)(Oc1ccc(NC(C)=O)cc1)Oc1ccc(NC(C)=O)cc1. The van der Waals surface area contributed by atoms with Gasteiger partial charge in [-0.15, -0.1) is 0 Å². The first kappa shape index (κ1) is 43.3. The number of hydrogen-bond acceptors (Lipinski definition) is 12. The third-order valence-electron chi connectivity index (χ3n) is 6.51. The van der Waals surface area contributed by atoms with E-state index in [1.165, 1.54) is 62.4 Å². The van der Waals surface area contributed by atoms with Crippen LogP contribution in [0.4, 0.5) is 31.4 Å². The quantitative estimate of drug-likeness (QED) is 0.0566. The minimum absolute atomic E-state index is 0.0937. The van der Waals surface area contributed by atoms with Crippen LogP contribution in [0.1, 0.15) is 61.0 Å². The molecule has 5 N–H and O–H groups in total. The maximum absolute atomic E-state index is 14.9. The molecule has 0 saturated heterocycles. The molecule has 3 aromatic rings. The van der Waals surface area contributed by atoms with E-state index in [0.717, 1.165) is 7.11 Å². The molecule has 0 aliphatic carbocycles. The van der Waals surface area contributed by atoms with Crippen LogP contribution in [0.5, 0.6) is 11.5 Å².